The van der Waals surface area contributed by atoms with Gasteiger partial charge < -0.3 is 14.3 Å². The second-order valence-electron chi connectivity index (χ2n) is 6.67. The largest absolute Gasteiger partial charge is 0.422 e. The highest BCUT2D eigenvalue weighted by atomic mass is 16.4. The molecule has 4 rings (SSSR count). The van der Waals surface area contributed by atoms with Gasteiger partial charge in [0.2, 0.25) is 5.78 Å². The lowest BCUT2D eigenvalue weighted by Crippen LogP contribution is -2.22. The molecule has 0 aliphatic rings. The van der Waals surface area contributed by atoms with E-state index in [9.17, 15) is 9.59 Å². The van der Waals surface area contributed by atoms with Gasteiger partial charge >= 0.3 is 5.63 Å². The van der Waals surface area contributed by atoms with Crippen LogP contribution in [0.3, 0.4) is 0 Å². The molecule has 142 valence electrons. The van der Waals surface area contributed by atoms with Crippen LogP contribution in [-0.4, -0.2) is 28.8 Å². The number of nitrogens with one attached hydrogen (secondary N) is 1. The first kappa shape index (κ1) is 18.0. The fraction of sp³-hybridized carbons (Fsp3) is 0.227. The minimum atomic E-state index is -0.646. The molecule has 4 aromatic rings. The third-order valence-corrected chi connectivity index (χ3v) is 5.11. The normalized spacial score (nSPS) is 11.2. The molecular weight excluding hydrogens is 354 g/mol. The second kappa shape index (κ2) is 6.96. The van der Waals surface area contributed by atoms with E-state index < -0.39 is 11.4 Å². The van der Waals surface area contributed by atoms with E-state index in [-0.39, 0.29) is 11.4 Å². The van der Waals surface area contributed by atoms with Crippen molar-refractivity contribution in [1.29, 1.82) is 0 Å². The van der Waals surface area contributed by atoms with E-state index >= 15 is 0 Å². The third-order valence-electron chi connectivity index (χ3n) is 5.11. The summed E-state index contributed by atoms with van der Waals surface area (Å²) in [6.07, 6.45) is 0. The Morgan fingerprint density at radius 1 is 1.14 bits per heavy atom. The standard InChI is InChI=1S/C22H21N3O3/c1-4-25(5-2)14-10-11-15-13(3)19(22(27)28-18(15)12-14)20(26)21-23-16-8-6-7-9-17(16)24-21/h6-12H,4-5H2,1-3H3,(H,23,24). The molecule has 2 aromatic heterocycles. The fourth-order valence-corrected chi connectivity index (χ4v) is 3.57. The first-order valence-corrected chi connectivity index (χ1v) is 9.35. The van der Waals surface area contributed by atoms with Gasteiger partial charge in [0, 0.05) is 30.2 Å². The fourth-order valence-electron chi connectivity index (χ4n) is 3.57. The number of aromatic nitrogens is 2. The smallest absolute Gasteiger partial charge is 0.347 e. The molecule has 0 amide bonds. The number of aryl methyl sites for hydroxylation is 1. The van der Waals surface area contributed by atoms with Crippen LogP contribution in [-0.2, 0) is 0 Å². The van der Waals surface area contributed by atoms with Gasteiger partial charge in [0.1, 0.15) is 11.1 Å². The van der Waals surface area contributed by atoms with Crippen molar-refractivity contribution in [2.24, 2.45) is 0 Å². The van der Waals surface area contributed by atoms with Gasteiger partial charge in [-0.1, -0.05) is 12.1 Å². The number of carbonyl (C=O) groups is 1. The topological polar surface area (TPSA) is 79.2 Å². The molecule has 0 aliphatic heterocycles. The average molecular weight is 375 g/mol. The Hall–Kier alpha value is -3.41. The number of fused-ring (bicyclic) bond motifs is 2. The van der Waals surface area contributed by atoms with Crippen LogP contribution in [0.15, 0.2) is 51.7 Å². The number of imidazole rings is 1. The van der Waals surface area contributed by atoms with E-state index in [2.05, 4.69) is 28.7 Å². The van der Waals surface area contributed by atoms with Crippen LogP contribution >= 0.6 is 0 Å². The van der Waals surface area contributed by atoms with E-state index in [1.54, 1.807) is 6.92 Å². The summed E-state index contributed by atoms with van der Waals surface area (Å²) in [7, 11) is 0. The van der Waals surface area contributed by atoms with Crippen molar-refractivity contribution in [1.82, 2.24) is 9.97 Å². The molecule has 0 atom stereocenters. The maximum absolute atomic E-state index is 13.0. The van der Waals surface area contributed by atoms with Gasteiger partial charge in [-0.25, -0.2) is 9.78 Å². The summed E-state index contributed by atoms with van der Waals surface area (Å²) < 4.78 is 5.53. The Morgan fingerprint density at radius 2 is 1.89 bits per heavy atom. The molecule has 6 nitrogen and oxygen atoms in total. The second-order valence-corrected chi connectivity index (χ2v) is 6.67. The van der Waals surface area contributed by atoms with Gasteiger partial charge in [0.25, 0.3) is 0 Å². The Kier molecular flexibility index (Phi) is 4.47. The quantitative estimate of drug-likeness (QED) is 0.420. The van der Waals surface area contributed by atoms with Crippen LogP contribution in [0.1, 0.15) is 35.6 Å². The van der Waals surface area contributed by atoms with Crippen molar-refractivity contribution in [3.05, 3.63) is 69.8 Å². The van der Waals surface area contributed by atoms with Crippen molar-refractivity contribution in [3.63, 3.8) is 0 Å². The molecule has 0 saturated carbocycles. The van der Waals surface area contributed by atoms with Gasteiger partial charge in [-0.15, -0.1) is 0 Å². The number of anilines is 1. The summed E-state index contributed by atoms with van der Waals surface area (Å²) in [4.78, 5) is 35.1. The zero-order chi connectivity index (χ0) is 19.8. The predicted octanol–water partition coefficient (Wildman–Crippen LogP) is 4.05. The first-order valence-electron chi connectivity index (χ1n) is 9.35. The lowest BCUT2D eigenvalue weighted by atomic mass is 10.0. The molecular formula is C22H21N3O3. The minimum absolute atomic E-state index is 0.0159. The van der Waals surface area contributed by atoms with Crippen molar-refractivity contribution in [2.75, 3.05) is 18.0 Å². The summed E-state index contributed by atoms with van der Waals surface area (Å²) in [5.74, 6) is -0.326. The number of rotatable bonds is 5. The number of hydrogen-bond acceptors (Lipinski definition) is 5. The number of aromatic amines is 1. The van der Waals surface area contributed by atoms with E-state index in [1.165, 1.54) is 0 Å². The highest BCUT2D eigenvalue weighted by Gasteiger charge is 2.23. The molecule has 28 heavy (non-hydrogen) atoms. The lowest BCUT2D eigenvalue weighted by Gasteiger charge is -2.21. The number of para-hydroxylation sites is 2. The van der Waals surface area contributed by atoms with E-state index in [4.69, 9.17) is 4.42 Å². The Morgan fingerprint density at radius 3 is 2.61 bits per heavy atom. The van der Waals surface area contributed by atoms with E-state index in [1.807, 2.05) is 42.5 Å². The lowest BCUT2D eigenvalue weighted by molar-refractivity contribution is 0.102. The number of hydrogen-bond donors (Lipinski definition) is 1. The van der Waals surface area contributed by atoms with Crippen LogP contribution in [0.4, 0.5) is 5.69 Å². The maximum atomic E-state index is 13.0. The maximum Gasteiger partial charge on any atom is 0.347 e. The molecule has 2 heterocycles. The SMILES string of the molecule is CCN(CC)c1ccc2c(C)c(C(=O)c3nc4ccccc4[nH]3)c(=O)oc2c1. The summed E-state index contributed by atoms with van der Waals surface area (Å²) in [6.45, 7) is 7.63. The zero-order valence-corrected chi connectivity index (χ0v) is 16.1. The predicted molar refractivity (Wildman–Crippen MR) is 110 cm³/mol. The number of ketones is 1. The monoisotopic (exact) mass is 375 g/mol. The van der Waals surface area contributed by atoms with Gasteiger partial charge in [-0.05, 0) is 50.6 Å². The number of carbonyl (C=O) groups excluding carboxylic acids is 1. The van der Waals surface area contributed by atoms with E-state index in [0.29, 0.717) is 16.7 Å². The Labute approximate surface area is 161 Å². The minimum Gasteiger partial charge on any atom is -0.422 e. The highest BCUT2D eigenvalue weighted by molar-refractivity contribution is 6.10. The molecule has 0 aliphatic carbocycles. The van der Waals surface area contributed by atoms with Crippen LogP contribution in [0.5, 0.6) is 0 Å². The summed E-state index contributed by atoms with van der Waals surface area (Å²) in [5.41, 5.74) is 2.86. The molecule has 6 heteroatoms. The van der Waals surface area contributed by atoms with Crippen LogP contribution < -0.4 is 10.5 Å². The van der Waals surface area contributed by atoms with Gasteiger partial charge in [-0.2, -0.15) is 0 Å². The number of benzene rings is 2. The molecule has 1 N–H and O–H groups in total. The highest BCUT2D eigenvalue weighted by Crippen LogP contribution is 2.26. The van der Waals surface area contributed by atoms with Crippen molar-refractivity contribution in [3.8, 4) is 0 Å². The van der Waals surface area contributed by atoms with Crippen LogP contribution in [0.2, 0.25) is 0 Å². The Bertz CT molecular complexity index is 1220. The third kappa shape index (κ3) is 2.87. The average Bonchev–Trinajstić information content (AvgIpc) is 3.13. The van der Waals surface area contributed by atoms with E-state index in [0.717, 1.165) is 29.7 Å². The summed E-state index contributed by atoms with van der Waals surface area (Å²) >= 11 is 0. The molecule has 0 fully saturated rings. The molecule has 0 unspecified atom stereocenters. The molecule has 0 bridgehead atoms. The summed E-state index contributed by atoms with van der Waals surface area (Å²) in [6, 6.07) is 13.1. The molecule has 2 aromatic carbocycles. The summed E-state index contributed by atoms with van der Waals surface area (Å²) in [5, 5.41) is 0.745. The molecule has 0 spiro atoms. The van der Waals surface area contributed by atoms with Crippen LogP contribution in [0, 0.1) is 6.92 Å². The van der Waals surface area contributed by atoms with Crippen molar-refractivity contribution in [2.45, 2.75) is 20.8 Å². The van der Waals surface area contributed by atoms with Crippen LogP contribution in [0.25, 0.3) is 22.0 Å². The van der Waals surface area contributed by atoms with Crippen molar-refractivity contribution >= 4 is 33.5 Å². The van der Waals surface area contributed by atoms with Gasteiger partial charge in [0.05, 0.1) is 11.0 Å². The van der Waals surface area contributed by atoms with Gasteiger partial charge in [0.15, 0.2) is 5.82 Å². The number of H-pyrrole nitrogens is 1. The molecule has 0 radical (unpaired) electrons. The first-order chi connectivity index (χ1) is 13.5. The van der Waals surface area contributed by atoms with Crippen molar-refractivity contribution < 1.29 is 9.21 Å². The van der Waals surface area contributed by atoms with Gasteiger partial charge in [-0.3, -0.25) is 4.79 Å². The molecule has 0 saturated heterocycles. The zero-order valence-electron chi connectivity index (χ0n) is 16.1. The number of nitrogens with zero attached hydrogens (tertiary/aromatic N) is 2. The Balaban J connectivity index is 1.84.